The highest BCUT2D eigenvalue weighted by molar-refractivity contribution is 6.23. The number of hydrogen-bond acceptors (Lipinski definition) is 2. The minimum Gasteiger partial charge on any atom is -0.455 e. The van der Waals surface area contributed by atoms with Crippen molar-refractivity contribution in [3.63, 3.8) is 0 Å². The van der Waals surface area contributed by atoms with Gasteiger partial charge in [-0.05, 0) is 114 Å². The lowest BCUT2D eigenvalue weighted by atomic mass is 9.79. The third-order valence-electron chi connectivity index (χ3n) is 11.7. The fourth-order valence-corrected chi connectivity index (χ4v) is 9.18. The van der Waals surface area contributed by atoms with E-state index in [1.165, 1.54) is 66.1 Å². The number of furan rings is 1. The van der Waals surface area contributed by atoms with Crippen molar-refractivity contribution >= 4 is 43.5 Å². The van der Waals surface area contributed by atoms with Crippen LogP contribution in [0.2, 0.25) is 0 Å². The standard InChI is InChI=1S/C52H35NO/c1-52(2)45-24-7-5-18-37(45)42-30-43-44(31-46(42)52)50(35-17-12-15-33(29-35)47-25-9-10-27-53-47)40-21-4-3-20-39(40)49(43)34-16-11-14-32(28-34)36-22-13-23-41-38-19-6-8-26-48(38)54-51(36)41/h3-31H,1-2H3. The van der Waals surface area contributed by atoms with E-state index in [9.17, 15) is 0 Å². The topological polar surface area (TPSA) is 26.0 Å². The summed E-state index contributed by atoms with van der Waals surface area (Å²) >= 11 is 0. The summed E-state index contributed by atoms with van der Waals surface area (Å²) in [5.74, 6) is 0. The first-order valence-corrected chi connectivity index (χ1v) is 18.7. The van der Waals surface area contributed by atoms with E-state index in [0.717, 1.165) is 44.3 Å². The van der Waals surface area contributed by atoms with E-state index in [4.69, 9.17) is 9.40 Å². The van der Waals surface area contributed by atoms with E-state index in [1.807, 2.05) is 18.3 Å². The van der Waals surface area contributed by atoms with Gasteiger partial charge in [-0.3, -0.25) is 4.98 Å². The highest BCUT2D eigenvalue weighted by atomic mass is 16.3. The molecule has 10 aromatic rings. The first-order chi connectivity index (χ1) is 26.5. The van der Waals surface area contributed by atoms with Crippen molar-refractivity contribution in [3.8, 4) is 55.8 Å². The van der Waals surface area contributed by atoms with Crippen LogP contribution in [0.25, 0.3) is 99.2 Å². The molecule has 2 aromatic heterocycles. The van der Waals surface area contributed by atoms with Gasteiger partial charge in [-0.25, -0.2) is 0 Å². The van der Waals surface area contributed by atoms with Crippen molar-refractivity contribution in [3.05, 3.63) is 187 Å². The van der Waals surface area contributed by atoms with Gasteiger partial charge < -0.3 is 4.42 Å². The first kappa shape index (κ1) is 30.8. The second-order valence-corrected chi connectivity index (χ2v) is 15.1. The fraction of sp³-hybridized carbons (Fsp3) is 0.0577. The monoisotopic (exact) mass is 689 g/mol. The Balaban J connectivity index is 1.23. The maximum Gasteiger partial charge on any atom is 0.143 e. The summed E-state index contributed by atoms with van der Waals surface area (Å²) < 4.78 is 6.53. The molecule has 11 rings (SSSR count). The lowest BCUT2D eigenvalue weighted by Gasteiger charge is -2.24. The quantitative estimate of drug-likeness (QED) is 0.172. The van der Waals surface area contributed by atoms with Crippen molar-refractivity contribution in [2.45, 2.75) is 19.3 Å². The Hall–Kier alpha value is -6.77. The Morgan fingerprint density at radius 2 is 1.00 bits per heavy atom. The highest BCUT2D eigenvalue weighted by Crippen LogP contribution is 2.53. The van der Waals surface area contributed by atoms with Crippen molar-refractivity contribution < 1.29 is 4.42 Å². The van der Waals surface area contributed by atoms with E-state index in [1.54, 1.807) is 0 Å². The number of benzene rings is 8. The first-order valence-electron chi connectivity index (χ1n) is 18.7. The number of nitrogens with zero attached hydrogens (tertiary/aromatic N) is 1. The van der Waals surface area contributed by atoms with Crippen LogP contribution in [0.4, 0.5) is 0 Å². The lowest BCUT2D eigenvalue weighted by molar-refractivity contribution is 0.661. The average Bonchev–Trinajstić information content (AvgIpc) is 3.71. The third kappa shape index (κ3) is 4.50. The molecule has 254 valence electrons. The number of pyridine rings is 1. The van der Waals surface area contributed by atoms with E-state index >= 15 is 0 Å². The van der Waals surface area contributed by atoms with Crippen molar-refractivity contribution in [1.82, 2.24) is 4.98 Å². The number of rotatable bonds is 4. The van der Waals surface area contributed by atoms with Gasteiger partial charge in [-0.15, -0.1) is 0 Å². The molecular weight excluding hydrogens is 655 g/mol. The molecule has 0 aliphatic heterocycles. The number of fused-ring (bicyclic) bond motifs is 8. The predicted octanol–water partition coefficient (Wildman–Crippen LogP) is 14.3. The van der Waals surface area contributed by atoms with E-state index in [-0.39, 0.29) is 5.41 Å². The minimum atomic E-state index is -0.135. The molecule has 2 heteroatoms. The van der Waals surface area contributed by atoms with Crippen LogP contribution in [0.3, 0.4) is 0 Å². The molecule has 0 saturated carbocycles. The lowest BCUT2D eigenvalue weighted by Crippen LogP contribution is -2.14. The zero-order chi connectivity index (χ0) is 36.0. The molecule has 0 atom stereocenters. The summed E-state index contributed by atoms with van der Waals surface area (Å²) in [6, 6.07) is 61.7. The van der Waals surface area contributed by atoms with Crippen LogP contribution in [0.1, 0.15) is 25.0 Å². The van der Waals surface area contributed by atoms with Crippen molar-refractivity contribution in [1.29, 1.82) is 0 Å². The summed E-state index contributed by atoms with van der Waals surface area (Å²) in [7, 11) is 0. The molecule has 0 radical (unpaired) electrons. The molecule has 1 aliphatic carbocycles. The highest BCUT2D eigenvalue weighted by Gasteiger charge is 2.36. The summed E-state index contributed by atoms with van der Waals surface area (Å²) in [5, 5.41) is 7.24. The molecular formula is C52H35NO. The van der Waals surface area contributed by atoms with Crippen LogP contribution in [0.15, 0.2) is 180 Å². The average molecular weight is 690 g/mol. The minimum absolute atomic E-state index is 0.135. The molecule has 2 nitrogen and oxygen atoms in total. The van der Waals surface area contributed by atoms with E-state index in [2.05, 4.69) is 172 Å². The largest absolute Gasteiger partial charge is 0.455 e. The third-order valence-corrected chi connectivity index (χ3v) is 11.7. The van der Waals surface area contributed by atoms with Crippen LogP contribution in [0.5, 0.6) is 0 Å². The van der Waals surface area contributed by atoms with Crippen LogP contribution < -0.4 is 0 Å². The van der Waals surface area contributed by atoms with Gasteiger partial charge in [-0.2, -0.15) is 0 Å². The maximum absolute atomic E-state index is 6.53. The van der Waals surface area contributed by atoms with Gasteiger partial charge in [0, 0.05) is 33.5 Å². The number of hydrogen-bond donors (Lipinski definition) is 0. The van der Waals surface area contributed by atoms with Crippen LogP contribution in [-0.2, 0) is 5.41 Å². The summed E-state index contributed by atoms with van der Waals surface area (Å²) in [5.41, 5.74) is 16.2. The molecule has 0 saturated heterocycles. The Morgan fingerprint density at radius 3 is 1.78 bits per heavy atom. The molecule has 1 aliphatic rings. The van der Waals surface area contributed by atoms with Crippen LogP contribution in [0, 0.1) is 0 Å². The Morgan fingerprint density at radius 1 is 0.407 bits per heavy atom. The van der Waals surface area contributed by atoms with E-state index in [0.29, 0.717) is 0 Å². The number of aromatic nitrogens is 1. The van der Waals surface area contributed by atoms with Crippen molar-refractivity contribution in [2.24, 2.45) is 0 Å². The summed E-state index contributed by atoms with van der Waals surface area (Å²) in [4.78, 5) is 4.71. The molecule has 0 fully saturated rings. The molecule has 8 aromatic carbocycles. The van der Waals surface area contributed by atoms with Gasteiger partial charge in [0.05, 0.1) is 5.69 Å². The second-order valence-electron chi connectivity index (χ2n) is 15.1. The van der Waals surface area contributed by atoms with Gasteiger partial charge in [0.15, 0.2) is 0 Å². The fourth-order valence-electron chi connectivity index (χ4n) is 9.18. The molecule has 0 unspecified atom stereocenters. The molecule has 54 heavy (non-hydrogen) atoms. The number of para-hydroxylation sites is 2. The van der Waals surface area contributed by atoms with Gasteiger partial charge in [0.1, 0.15) is 11.2 Å². The smallest absolute Gasteiger partial charge is 0.143 e. The predicted molar refractivity (Wildman–Crippen MR) is 226 cm³/mol. The summed E-state index contributed by atoms with van der Waals surface area (Å²) in [6.45, 7) is 4.74. The van der Waals surface area contributed by atoms with Crippen molar-refractivity contribution in [2.75, 3.05) is 0 Å². The van der Waals surface area contributed by atoms with Gasteiger partial charge in [0.2, 0.25) is 0 Å². The van der Waals surface area contributed by atoms with Crippen LogP contribution in [-0.4, -0.2) is 4.98 Å². The zero-order valence-corrected chi connectivity index (χ0v) is 30.1. The zero-order valence-electron chi connectivity index (χ0n) is 30.1. The summed E-state index contributed by atoms with van der Waals surface area (Å²) in [6.07, 6.45) is 1.87. The Kier molecular flexibility index (Phi) is 6.63. The molecule has 0 spiro atoms. The van der Waals surface area contributed by atoms with Gasteiger partial charge in [0.25, 0.3) is 0 Å². The normalized spacial score (nSPS) is 13.1. The van der Waals surface area contributed by atoms with Crippen LogP contribution >= 0.6 is 0 Å². The molecule has 2 heterocycles. The molecule has 0 bridgehead atoms. The van der Waals surface area contributed by atoms with E-state index < -0.39 is 0 Å². The SMILES string of the molecule is CC1(C)c2ccccc2-c2cc3c(-c4cccc(-c5cccc6c5oc5ccccc56)c4)c4ccccc4c(-c4cccc(-c5ccccn5)c4)c3cc21. The second kappa shape index (κ2) is 11.6. The Bertz CT molecular complexity index is 3130. The molecule has 0 amide bonds. The molecule has 0 N–H and O–H groups in total. The Labute approximate surface area is 314 Å². The van der Waals surface area contributed by atoms with Gasteiger partial charge in [-0.1, -0.05) is 141 Å². The maximum atomic E-state index is 6.53. The van der Waals surface area contributed by atoms with Gasteiger partial charge >= 0.3 is 0 Å².